The zero-order chi connectivity index (χ0) is 15.6. The lowest BCUT2D eigenvalue weighted by molar-refractivity contribution is 0.122. The highest BCUT2D eigenvalue weighted by Gasteiger charge is 2.17. The van der Waals surface area contributed by atoms with Crippen molar-refractivity contribution < 1.29 is 9.47 Å². The van der Waals surface area contributed by atoms with E-state index in [9.17, 15) is 0 Å². The minimum absolute atomic E-state index is 0.738. The molecule has 0 N–H and O–H groups in total. The zero-order valence-corrected chi connectivity index (χ0v) is 13.0. The maximum Gasteiger partial charge on any atom is 0.154 e. The van der Waals surface area contributed by atoms with Crippen molar-refractivity contribution in [3.63, 3.8) is 0 Å². The van der Waals surface area contributed by atoms with Gasteiger partial charge >= 0.3 is 0 Å². The molecule has 3 aromatic rings. The number of nitrogens with zero attached hydrogens (tertiary/aromatic N) is 4. The van der Waals surface area contributed by atoms with Crippen LogP contribution in [0.2, 0.25) is 0 Å². The SMILES string of the molecule is COc1ccc(-c2cc3c(N4CCOCC4)nccn3n2)cc1. The van der Waals surface area contributed by atoms with Crippen molar-refractivity contribution in [2.45, 2.75) is 0 Å². The fraction of sp³-hybridized carbons (Fsp3) is 0.294. The van der Waals surface area contributed by atoms with Gasteiger partial charge in [-0.3, -0.25) is 0 Å². The van der Waals surface area contributed by atoms with Crippen molar-refractivity contribution in [1.29, 1.82) is 0 Å². The van der Waals surface area contributed by atoms with Gasteiger partial charge in [0, 0.05) is 31.0 Å². The molecular formula is C17H18N4O2. The fourth-order valence-electron chi connectivity index (χ4n) is 2.83. The maximum atomic E-state index is 5.43. The Kier molecular flexibility index (Phi) is 3.59. The Morgan fingerprint density at radius 3 is 2.65 bits per heavy atom. The van der Waals surface area contributed by atoms with E-state index in [-0.39, 0.29) is 0 Å². The number of fused-ring (bicyclic) bond motifs is 1. The smallest absolute Gasteiger partial charge is 0.154 e. The number of benzene rings is 1. The van der Waals surface area contributed by atoms with Crippen molar-refractivity contribution in [3.05, 3.63) is 42.7 Å². The summed E-state index contributed by atoms with van der Waals surface area (Å²) < 4.78 is 12.5. The highest BCUT2D eigenvalue weighted by Crippen LogP contribution is 2.26. The van der Waals surface area contributed by atoms with E-state index in [1.807, 2.05) is 35.0 Å². The molecule has 0 bridgehead atoms. The fourth-order valence-corrected chi connectivity index (χ4v) is 2.83. The van der Waals surface area contributed by atoms with Crippen LogP contribution >= 0.6 is 0 Å². The maximum absolute atomic E-state index is 5.43. The van der Waals surface area contributed by atoms with Gasteiger partial charge in [0.25, 0.3) is 0 Å². The Balaban J connectivity index is 1.74. The quantitative estimate of drug-likeness (QED) is 0.742. The van der Waals surface area contributed by atoms with Gasteiger partial charge in [-0.2, -0.15) is 5.10 Å². The molecule has 1 aliphatic heterocycles. The minimum Gasteiger partial charge on any atom is -0.497 e. The van der Waals surface area contributed by atoms with E-state index in [1.54, 1.807) is 13.3 Å². The van der Waals surface area contributed by atoms with Crippen LogP contribution in [0.4, 0.5) is 5.82 Å². The summed E-state index contributed by atoms with van der Waals surface area (Å²) in [5, 5.41) is 4.67. The van der Waals surface area contributed by atoms with Crippen LogP contribution in [0.5, 0.6) is 5.75 Å². The van der Waals surface area contributed by atoms with Gasteiger partial charge in [0.2, 0.25) is 0 Å². The van der Waals surface area contributed by atoms with Crippen LogP contribution in [0.25, 0.3) is 16.8 Å². The molecule has 6 nitrogen and oxygen atoms in total. The number of rotatable bonds is 3. The van der Waals surface area contributed by atoms with Gasteiger partial charge in [0.15, 0.2) is 5.82 Å². The van der Waals surface area contributed by atoms with Crippen LogP contribution in [0.15, 0.2) is 42.7 Å². The molecule has 2 aromatic heterocycles. The second-order valence-corrected chi connectivity index (χ2v) is 5.44. The Labute approximate surface area is 134 Å². The first kappa shape index (κ1) is 14.0. The second kappa shape index (κ2) is 5.89. The first-order valence-electron chi connectivity index (χ1n) is 7.67. The summed E-state index contributed by atoms with van der Waals surface area (Å²) in [5.41, 5.74) is 3.00. The van der Waals surface area contributed by atoms with Crippen molar-refractivity contribution in [3.8, 4) is 17.0 Å². The van der Waals surface area contributed by atoms with Gasteiger partial charge < -0.3 is 14.4 Å². The zero-order valence-electron chi connectivity index (χ0n) is 13.0. The number of anilines is 1. The first-order valence-corrected chi connectivity index (χ1v) is 7.67. The molecule has 1 saturated heterocycles. The summed E-state index contributed by atoms with van der Waals surface area (Å²) in [5.74, 6) is 1.80. The first-order chi connectivity index (χ1) is 11.3. The van der Waals surface area contributed by atoms with Crippen LogP contribution in [-0.2, 0) is 4.74 Å². The number of methoxy groups -OCH3 is 1. The van der Waals surface area contributed by atoms with Gasteiger partial charge in [-0.05, 0) is 30.3 Å². The third-order valence-corrected chi connectivity index (χ3v) is 4.07. The molecule has 0 radical (unpaired) electrons. The van der Waals surface area contributed by atoms with Crippen molar-refractivity contribution in [2.24, 2.45) is 0 Å². The van der Waals surface area contributed by atoms with Crippen molar-refractivity contribution >= 4 is 11.3 Å². The molecule has 4 rings (SSSR count). The number of ether oxygens (including phenoxy) is 2. The largest absolute Gasteiger partial charge is 0.497 e. The Hall–Kier alpha value is -2.60. The lowest BCUT2D eigenvalue weighted by atomic mass is 10.1. The predicted octanol–water partition coefficient (Wildman–Crippen LogP) is 2.24. The molecule has 0 unspecified atom stereocenters. The Morgan fingerprint density at radius 1 is 1.13 bits per heavy atom. The van der Waals surface area contributed by atoms with Crippen LogP contribution in [-0.4, -0.2) is 48.0 Å². The molecule has 118 valence electrons. The van der Waals surface area contributed by atoms with Gasteiger partial charge in [0.05, 0.1) is 26.0 Å². The number of hydrogen-bond acceptors (Lipinski definition) is 5. The second-order valence-electron chi connectivity index (χ2n) is 5.44. The standard InChI is InChI=1S/C17H18N4O2/c1-22-14-4-2-13(3-5-14)15-12-16-17(18-6-7-21(16)19-15)20-8-10-23-11-9-20/h2-7,12H,8-11H2,1H3. The molecule has 1 aromatic carbocycles. The molecule has 23 heavy (non-hydrogen) atoms. The molecule has 1 fully saturated rings. The molecule has 6 heteroatoms. The lowest BCUT2D eigenvalue weighted by Gasteiger charge is -2.27. The van der Waals surface area contributed by atoms with Crippen LogP contribution in [0.3, 0.4) is 0 Å². The van der Waals surface area contributed by atoms with Gasteiger partial charge in [-0.15, -0.1) is 0 Å². The summed E-state index contributed by atoms with van der Waals surface area (Å²) in [7, 11) is 1.67. The molecule has 0 atom stereocenters. The summed E-state index contributed by atoms with van der Waals surface area (Å²) in [6.07, 6.45) is 3.68. The summed E-state index contributed by atoms with van der Waals surface area (Å²) in [6, 6.07) is 10.0. The van der Waals surface area contributed by atoms with E-state index in [2.05, 4.69) is 21.0 Å². The van der Waals surface area contributed by atoms with E-state index >= 15 is 0 Å². The molecule has 0 saturated carbocycles. The third-order valence-electron chi connectivity index (χ3n) is 4.07. The predicted molar refractivity (Wildman–Crippen MR) is 88.0 cm³/mol. The summed E-state index contributed by atoms with van der Waals surface area (Å²) in [6.45, 7) is 3.19. The number of hydrogen-bond donors (Lipinski definition) is 0. The van der Waals surface area contributed by atoms with Crippen molar-refractivity contribution in [2.75, 3.05) is 38.3 Å². The molecule has 3 heterocycles. The van der Waals surface area contributed by atoms with E-state index in [4.69, 9.17) is 9.47 Å². The molecular weight excluding hydrogens is 292 g/mol. The third kappa shape index (κ3) is 2.61. The topological polar surface area (TPSA) is 51.9 Å². The minimum atomic E-state index is 0.738. The normalized spacial score (nSPS) is 15.1. The Morgan fingerprint density at radius 2 is 1.91 bits per heavy atom. The monoisotopic (exact) mass is 310 g/mol. The lowest BCUT2D eigenvalue weighted by Crippen LogP contribution is -2.37. The summed E-state index contributed by atoms with van der Waals surface area (Å²) in [4.78, 5) is 6.80. The van der Waals surface area contributed by atoms with E-state index in [0.29, 0.717) is 0 Å². The Bertz CT molecular complexity index is 807. The van der Waals surface area contributed by atoms with Crippen LogP contribution < -0.4 is 9.64 Å². The summed E-state index contributed by atoms with van der Waals surface area (Å²) >= 11 is 0. The van der Waals surface area contributed by atoms with Crippen LogP contribution in [0.1, 0.15) is 0 Å². The van der Waals surface area contributed by atoms with Crippen molar-refractivity contribution in [1.82, 2.24) is 14.6 Å². The van der Waals surface area contributed by atoms with Gasteiger partial charge in [0.1, 0.15) is 11.3 Å². The van der Waals surface area contributed by atoms with E-state index < -0.39 is 0 Å². The number of morpholine rings is 1. The molecule has 0 aliphatic carbocycles. The van der Waals surface area contributed by atoms with E-state index in [1.165, 1.54) is 0 Å². The van der Waals surface area contributed by atoms with E-state index in [0.717, 1.165) is 54.6 Å². The number of aromatic nitrogens is 3. The highest BCUT2D eigenvalue weighted by atomic mass is 16.5. The van der Waals surface area contributed by atoms with Gasteiger partial charge in [-0.25, -0.2) is 9.50 Å². The highest BCUT2D eigenvalue weighted by molar-refractivity contribution is 5.75. The average molecular weight is 310 g/mol. The van der Waals surface area contributed by atoms with Gasteiger partial charge in [-0.1, -0.05) is 0 Å². The van der Waals surface area contributed by atoms with Crippen LogP contribution in [0, 0.1) is 0 Å². The molecule has 0 amide bonds. The molecule has 0 spiro atoms. The average Bonchev–Trinajstić information content (AvgIpc) is 3.06. The molecule has 1 aliphatic rings.